The Hall–Kier alpha value is -2.35. The number of carbonyl (C=O) groups excluding carboxylic acids is 1. The Balaban J connectivity index is 1.67. The van der Waals surface area contributed by atoms with Crippen LogP contribution in [0.3, 0.4) is 0 Å². The number of primary amides is 1. The highest BCUT2D eigenvalue weighted by Gasteiger charge is 2.11. The van der Waals surface area contributed by atoms with E-state index in [1.807, 2.05) is 46.6 Å². The van der Waals surface area contributed by atoms with E-state index < -0.39 is 0 Å². The molecule has 114 valence electrons. The van der Waals surface area contributed by atoms with Gasteiger partial charge < -0.3 is 14.7 Å². The number of hydrogen-bond acceptors (Lipinski definition) is 5. The first-order valence-electron chi connectivity index (χ1n) is 6.85. The predicted octanol–water partition coefficient (Wildman–Crippen LogP) is 1.17. The number of nitrogens with two attached hydrogens (primary N) is 1. The first-order chi connectivity index (χ1) is 10.6. The minimum atomic E-state index is -0.332. The van der Waals surface area contributed by atoms with Gasteiger partial charge in [-0.25, -0.2) is 4.98 Å². The van der Waals surface area contributed by atoms with Gasteiger partial charge in [-0.05, 0) is 12.1 Å². The molecule has 0 aliphatic carbocycles. The molecule has 2 N–H and O–H groups in total. The van der Waals surface area contributed by atoms with Gasteiger partial charge in [0.05, 0.1) is 5.69 Å². The average molecular weight is 316 g/mol. The molecule has 3 aromatic rings. The van der Waals surface area contributed by atoms with Crippen LogP contribution in [-0.4, -0.2) is 30.1 Å². The topological polar surface area (TPSA) is 91.1 Å². The summed E-state index contributed by atoms with van der Waals surface area (Å²) >= 11 is 1.57. The van der Waals surface area contributed by atoms with Crippen molar-refractivity contribution in [1.29, 1.82) is 0 Å². The third-order valence-corrected chi connectivity index (χ3v) is 4.34. The number of pyridine rings is 1. The summed E-state index contributed by atoms with van der Waals surface area (Å²) < 4.78 is 3.88. The second-order valence-corrected chi connectivity index (χ2v) is 5.85. The van der Waals surface area contributed by atoms with Crippen LogP contribution in [0, 0.1) is 0 Å². The third kappa shape index (κ3) is 3.11. The largest absolute Gasteiger partial charge is 0.370 e. The molecule has 22 heavy (non-hydrogen) atoms. The first kappa shape index (κ1) is 14.6. The fraction of sp³-hybridized carbons (Fsp3) is 0.286. The van der Waals surface area contributed by atoms with Crippen LogP contribution in [0.2, 0.25) is 0 Å². The van der Waals surface area contributed by atoms with E-state index in [9.17, 15) is 4.79 Å². The van der Waals surface area contributed by atoms with E-state index in [1.165, 1.54) is 0 Å². The minimum absolute atomic E-state index is 0.281. The molecule has 0 bridgehead atoms. The van der Waals surface area contributed by atoms with Crippen molar-refractivity contribution >= 4 is 23.3 Å². The monoisotopic (exact) mass is 316 g/mol. The molecule has 3 heterocycles. The van der Waals surface area contributed by atoms with Gasteiger partial charge in [0.25, 0.3) is 0 Å². The van der Waals surface area contributed by atoms with E-state index in [0.29, 0.717) is 12.2 Å². The van der Waals surface area contributed by atoms with Crippen LogP contribution < -0.4 is 5.73 Å². The van der Waals surface area contributed by atoms with E-state index in [0.717, 1.165) is 22.3 Å². The molecule has 3 rings (SSSR count). The summed E-state index contributed by atoms with van der Waals surface area (Å²) in [5, 5.41) is 9.06. The van der Waals surface area contributed by atoms with Crippen LogP contribution in [-0.2, 0) is 24.0 Å². The Morgan fingerprint density at radius 1 is 1.36 bits per heavy atom. The molecule has 0 fully saturated rings. The number of imidazole rings is 1. The second-order valence-electron chi connectivity index (χ2n) is 4.91. The van der Waals surface area contributed by atoms with Crippen molar-refractivity contribution in [2.75, 3.05) is 0 Å². The zero-order valence-electron chi connectivity index (χ0n) is 12.1. The molecule has 0 atom stereocenters. The van der Waals surface area contributed by atoms with Crippen LogP contribution in [0.15, 0.2) is 35.7 Å². The fourth-order valence-corrected chi connectivity index (χ4v) is 2.93. The number of carbonyl (C=O) groups is 1. The van der Waals surface area contributed by atoms with Crippen molar-refractivity contribution in [3.8, 4) is 0 Å². The predicted molar refractivity (Wildman–Crippen MR) is 83.3 cm³/mol. The van der Waals surface area contributed by atoms with E-state index in [4.69, 9.17) is 5.73 Å². The standard InChI is InChI=1S/C14H16N6OS/c1-19-13(6-5-11(15)21)17-18-14(19)22-9-10-8-20-7-3-2-4-12(20)16-10/h2-4,7-8H,5-6,9H2,1H3,(H2,15,21). The van der Waals surface area contributed by atoms with Crippen molar-refractivity contribution in [2.45, 2.75) is 23.8 Å². The van der Waals surface area contributed by atoms with Gasteiger partial charge in [0.15, 0.2) is 5.16 Å². The zero-order valence-corrected chi connectivity index (χ0v) is 13.0. The molecule has 1 amide bonds. The number of aromatic nitrogens is 5. The second kappa shape index (κ2) is 6.18. The number of rotatable bonds is 6. The normalized spacial score (nSPS) is 11.1. The average Bonchev–Trinajstić information content (AvgIpc) is 3.06. The maximum absolute atomic E-state index is 10.8. The van der Waals surface area contributed by atoms with Crippen molar-refractivity contribution < 1.29 is 4.79 Å². The van der Waals surface area contributed by atoms with Gasteiger partial charge in [0.2, 0.25) is 5.91 Å². The molecule has 0 radical (unpaired) electrons. The van der Waals surface area contributed by atoms with Gasteiger partial charge in [0, 0.05) is 38.0 Å². The van der Waals surface area contributed by atoms with E-state index in [-0.39, 0.29) is 12.3 Å². The van der Waals surface area contributed by atoms with Crippen LogP contribution in [0.25, 0.3) is 5.65 Å². The molecule has 7 nitrogen and oxygen atoms in total. The fourth-order valence-electron chi connectivity index (χ4n) is 2.12. The lowest BCUT2D eigenvalue weighted by atomic mass is 10.3. The van der Waals surface area contributed by atoms with Crippen molar-refractivity contribution in [2.24, 2.45) is 12.8 Å². The van der Waals surface area contributed by atoms with Gasteiger partial charge in [0.1, 0.15) is 11.5 Å². The first-order valence-corrected chi connectivity index (χ1v) is 7.84. The number of aryl methyl sites for hydroxylation is 1. The Labute approximate surface area is 131 Å². The number of thioether (sulfide) groups is 1. The zero-order chi connectivity index (χ0) is 15.5. The van der Waals surface area contributed by atoms with Gasteiger partial charge in [-0.15, -0.1) is 10.2 Å². The highest BCUT2D eigenvalue weighted by atomic mass is 32.2. The van der Waals surface area contributed by atoms with Gasteiger partial charge in [-0.3, -0.25) is 4.79 Å². The van der Waals surface area contributed by atoms with E-state index in [2.05, 4.69) is 15.2 Å². The van der Waals surface area contributed by atoms with Crippen molar-refractivity contribution in [3.05, 3.63) is 42.1 Å². The SMILES string of the molecule is Cn1c(CCC(N)=O)nnc1SCc1cn2ccccc2n1. The quantitative estimate of drug-likeness (QED) is 0.689. The lowest BCUT2D eigenvalue weighted by molar-refractivity contribution is -0.118. The summed E-state index contributed by atoms with van der Waals surface area (Å²) in [5.41, 5.74) is 7.07. The smallest absolute Gasteiger partial charge is 0.217 e. The maximum Gasteiger partial charge on any atom is 0.217 e. The van der Waals surface area contributed by atoms with Gasteiger partial charge >= 0.3 is 0 Å². The Kier molecular flexibility index (Phi) is 4.10. The van der Waals surface area contributed by atoms with Crippen LogP contribution in [0.5, 0.6) is 0 Å². The van der Waals surface area contributed by atoms with Crippen molar-refractivity contribution in [3.63, 3.8) is 0 Å². The molecular weight excluding hydrogens is 300 g/mol. The molecule has 0 aliphatic rings. The van der Waals surface area contributed by atoms with Crippen LogP contribution >= 0.6 is 11.8 Å². The van der Waals surface area contributed by atoms with Crippen LogP contribution in [0.4, 0.5) is 0 Å². The van der Waals surface area contributed by atoms with Crippen molar-refractivity contribution in [1.82, 2.24) is 24.1 Å². The molecule has 0 saturated carbocycles. The molecule has 0 aromatic carbocycles. The summed E-state index contributed by atoms with van der Waals surface area (Å²) in [7, 11) is 1.89. The summed E-state index contributed by atoms with van der Waals surface area (Å²) in [5.74, 6) is 1.14. The lowest BCUT2D eigenvalue weighted by Gasteiger charge is -2.01. The number of hydrogen-bond donors (Lipinski definition) is 1. The van der Waals surface area contributed by atoms with Gasteiger partial charge in [-0.1, -0.05) is 17.8 Å². The molecule has 0 spiro atoms. The Morgan fingerprint density at radius 3 is 3.00 bits per heavy atom. The Bertz CT molecular complexity index is 776. The molecular formula is C14H16N6OS. The Morgan fingerprint density at radius 2 is 2.23 bits per heavy atom. The summed E-state index contributed by atoms with van der Waals surface area (Å²) in [6.45, 7) is 0. The lowest BCUT2D eigenvalue weighted by Crippen LogP contribution is -2.12. The van der Waals surface area contributed by atoms with E-state index in [1.54, 1.807) is 11.8 Å². The highest BCUT2D eigenvalue weighted by molar-refractivity contribution is 7.98. The number of amides is 1. The summed E-state index contributed by atoms with van der Waals surface area (Å²) in [6.07, 6.45) is 4.77. The molecule has 0 aliphatic heterocycles. The molecule has 0 saturated heterocycles. The minimum Gasteiger partial charge on any atom is -0.370 e. The van der Waals surface area contributed by atoms with Gasteiger partial charge in [-0.2, -0.15) is 0 Å². The maximum atomic E-state index is 10.8. The van der Waals surface area contributed by atoms with Crippen LogP contribution in [0.1, 0.15) is 17.9 Å². The molecule has 8 heteroatoms. The third-order valence-electron chi connectivity index (χ3n) is 3.28. The highest BCUT2D eigenvalue weighted by Crippen LogP contribution is 2.21. The summed E-state index contributed by atoms with van der Waals surface area (Å²) in [6, 6.07) is 5.91. The summed E-state index contributed by atoms with van der Waals surface area (Å²) in [4.78, 5) is 15.4. The number of fused-ring (bicyclic) bond motifs is 1. The number of nitrogens with zero attached hydrogens (tertiary/aromatic N) is 5. The molecule has 0 unspecified atom stereocenters. The van der Waals surface area contributed by atoms with E-state index >= 15 is 0 Å². The molecule has 3 aromatic heterocycles.